The number of aromatic amines is 1. The second-order valence-electron chi connectivity index (χ2n) is 4.17. The molecule has 3 aromatic rings. The second kappa shape index (κ2) is 4.57. The van der Waals surface area contributed by atoms with Crippen LogP contribution in [0.3, 0.4) is 0 Å². The van der Waals surface area contributed by atoms with E-state index in [9.17, 15) is 4.79 Å². The summed E-state index contributed by atoms with van der Waals surface area (Å²) in [6.07, 6.45) is 3.18. The lowest BCUT2D eigenvalue weighted by Gasteiger charge is -2.01. The Morgan fingerprint density at radius 2 is 2.16 bits per heavy atom. The summed E-state index contributed by atoms with van der Waals surface area (Å²) in [6, 6.07) is 9.67. The van der Waals surface area contributed by atoms with E-state index in [1.54, 1.807) is 12.3 Å². The van der Waals surface area contributed by atoms with Gasteiger partial charge in [-0.3, -0.25) is 0 Å². The Morgan fingerprint density at radius 1 is 1.32 bits per heavy atom. The van der Waals surface area contributed by atoms with Gasteiger partial charge in [0.2, 0.25) is 0 Å². The van der Waals surface area contributed by atoms with Gasteiger partial charge in [0.05, 0.1) is 11.7 Å². The van der Waals surface area contributed by atoms with E-state index in [2.05, 4.69) is 16.5 Å². The molecule has 0 fully saturated rings. The lowest BCUT2D eigenvalue weighted by Crippen LogP contribution is -2.06. The van der Waals surface area contributed by atoms with Gasteiger partial charge in [0.25, 0.3) is 0 Å². The third-order valence-electron chi connectivity index (χ3n) is 2.93. The zero-order valence-electron chi connectivity index (χ0n) is 10.2. The van der Waals surface area contributed by atoms with Crippen molar-refractivity contribution >= 4 is 27.8 Å². The first-order valence-electron chi connectivity index (χ1n) is 5.94. The molecule has 94 valence electrons. The third kappa shape index (κ3) is 1.97. The molecule has 0 bridgehead atoms. The molecular formula is C15H12N2O2. The van der Waals surface area contributed by atoms with Crippen LogP contribution in [0.2, 0.25) is 0 Å². The summed E-state index contributed by atoms with van der Waals surface area (Å²) in [4.78, 5) is 19.1. The van der Waals surface area contributed by atoms with Crippen LogP contribution in [0, 0.1) is 0 Å². The highest BCUT2D eigenvalue weighted by Gasteiger charge is 2.11. The molecule has 2 heterocycles. The number of aromatic nitrogens is 2. The maximum absolute atomic E-state index is 11.8. The van der Waals surface area contributed by atoms with Crippen molar-refractivity contribution in [2.45, 2.75) is 0 Å². The first-order chi connectivity index (χ1) is 9.29. The SMILES string of the molecule is C=CCOC(=O)c1cc2c(cn1)[nH]c1ccccc12. The second-order valence-corrected chi connectivity index (χ2v) is 4.17. The van der Waals surface area contributed by atoms with Gasteiger partial charge in [0, 0.05) is 16.3 Å². The first-order valence-corrected chi connectivity index (χ1v) is 5.94. The number of esters is 1. The number of nitrogens with one attached hydrogen (secondary N) is 1. The predicted molar refractivity (Wildman–Crippen MR) is 74.1 cm³/mol. The molecule has 0 spiro atoms. The maximum atomic E-state index is 11.8. The van der Waals surface area contributed by atoms with E-state index in [1.807, 2.05) is 24.3 Å². The van der Waals surface area contributed by atoms with Gasteiger partial charge in [-0.25, -0.2) is 9.78 Å². The minimum Gasteiger partial charge on any atom is -0.457 e. The van der Waals surface area contributed by atoms with Crippen molar-refractivity contribution < 1.29 is 9.53 Å². The highest BCUT2D eigenvalue weighted by molar-refractivity contribution is 6.08. The third-order valence-corrected chi connectivity index (χ3v) is 2.93. The largest absolute Gasteiger partial charge is 0.457 e. The molecule has 4 nitrogen and oxygen atoms in total. The van der Waals surface area contributed by atoms with Crippen LogP contribution in [0.4, 0.5) is 0 Å². The van der Waals surface area contributed by atoms with Gasteiger partial charge in [0.15, 0.2) is 0 Å². The van der Waals surface area contributed by atoms with Crippen molar-refractivity contribution in [3.63, 3.8) is 0 Å². The van der Waals surface area contributed by atoms with E-state index in [-0.39, 0.29) is 6.61 Å². The van der Waals surface area contributed by atoms with Crippen LogP contribution in [-0.2, 0) is 4.74 Å². The van der Waals surface area contributed by atoms with Crippen LogP contribution < -0.4 is 0 Å². The van der Waals surface area contributed by atoms with Crippen molar-refractivity contribution in [1.82, 2.24) is 9.97 Å². The Balaban J connectivity index is 2.11. The van der Waals surface area contributed by atoms with Gasteiger partial charge in [-0.15, -0.1) is 0 Å². The number of fused-ring (bicyclic) bond motifs is 3. The molecule has 0 aliphatic carbocycles. The summed E-state index contributed by atoms with van der Waals surface area (Å²) in [5, 5.41) is 2.04. The quantitative estimate of drug-likeness (QED) is 0.575. The van der Waals surface area contributed by atoms with Crippen LogP contribution in [0.5, 0.6) is 0 Å². The van der Waals surface area contributed by atoms with Crippen LogP contribution in [-0.4, -0.2) is 22.5 Å². The normalized spacial score (nSPS) is 10.7. The molecule has 1 aromatic carbocycles. The summed E-state index contributed by atoms with van der Waals surface area (Å²) >= 11 is 0. The Bertz CT molecular complexity index is 774. The monoisotopic (exact) mass is 252 g/mol. The number of hydrogen-bond acceptors (Lipinski definition) is 3. The van der Waals surface area contributed by atoms with Gasteiger partial charge in [-0.05, 0) is 12.1 Å². The van der Waals surface area contributed by atoms with Gasteiger partial charge in [0.1, 0.15) is 12.3 Å². The summed E-state index contributed by atoms with van der Waals surface area (Å²) in [5.74, 6) is -0.438. The molecule has 0 saturated heterocycles. The number of rotatable bonds is 3. The number of carbonyl (C=O) groups excluding carboxylic acids is 1. The Labute approximate surface area is 109 Å². The summed E-state index contributed by atoms with van der Waals surface area (Å²) in [7, 11) is 0. The summed E-state index contributed by atoms with van der Waals surface area (Å²) in [6.45, 7) is 3.69. The molecule has 0 radical (unpaired) electrons. The topological polar surface area (TPSA) is 55.0 Å². The zero-order chi connectivity index (χ0) is 13.2. The minimum atomic E-state index is -0.438. The first kappa shape index (κ1) is 11.5. The smallest absolute Gasteiger partial charge is 0.357 e. The van der Waals surface area contributed by atoms with Crippen LogP contribution >= 0.6 is 0 Å². The van der Waals surface area contributed by atoms with Crippen LogP contribution in [0.25, 0.3) is 21.8 Å². The number of pyridine rings is 1. The van der Waals surface area contributed by atoms with E-state index < -0.39 is 5.97 Å². The highest BCUT2D eigenvalue weighted by atomic mass is 16.5. The summed E-state index contributed by atoms with van der Waals surface area (Å²) < 4.78 is 4.99. The molecule has 0 aliphatic heterocycles. The van der Waals surface area contributed by atoms with E-state index >= 15 is 0 Å². The molecule has 1 N–H and O–H groups in total. The standard InChI is InChI=1S/C15H12N2O2/c1-2-7-19-15(18)13-8-11-10-5-3-4-6-12(10)17-14(11)9-16-13/h2-6,8-9,17H,1,7H2. The molecule has 19 heavy (non-hydrogen) atoms. The van der Waals surface area contributed by atoms with Gasteiger partial charge < -0.3 is 9.72 Å². The Kier molecular flexibility index (Phi) is 2.76. The lowest BCUT2D eigenvalue weighted by atomic mass is 10.1. The molecular weight excluding hydrogens is 240 g/mol. The average molecular weight is 252 g/mol. The summed E-state index contributed by atoms with van der Waals surface area (Å²) in [5.41, 5.74) is 2.23. The van der Waals surface area contributed by atoms with Crippen molar-refractivity contribution in [1.29, 1.82) is 0 Å². The maximum Gasteiger partial charge on any atom is 0.357 e. The lowest BCUT2D eigenvalue weighted by molar-refractivity contribution is 0.0543. The average Bonchev–Trinajstić information content (AvgIpc) is 2.82. The molecule has 0 amide bonds. The fourth-order valence-corrected chi connectivity index (χ4v) is 2.07. The van der Waals surface area contributed by atoms with E-state index in [1.165, 1.54) is 6.08 Å². The van der Waals surface area contributed by atoms with Gasteiger partial charge in [-0.1, -0.05) is 30.9 Å². The van der Waals surface area contributed by atoms with Crippen LogP contribution in [0.1, 0.15) is 10.5 Å². The molecule has 0 atom stereocenters. The Morgan fingerprint density at radius 3 is 3.00 bits per heavy atom. The van der Waals surface area contributed by atoms with E-state index in [0.29, 0.717) is 5.69 Å². The molecule has 2 aromatic heterocycles. The molecule has 4 heteroatoms. The number of nitrogens with zero attached hydrogens (tertiary/aromatic N) is 1. The number of benzene rings is 1. The van der Waals surface area contributed by atoms with Gasteiger partial charge >= 0.3 is 5.97 Å². The molecule has 0 unspecified atom stereocenters. The number of carbonyl (C=O) groups is 1. The number of ether oxygens (including phenoxy) is 1. The molecule has 3 rings (SSSR count). The van der Waals surface area contributed by atoms with E-state index in [0.717, 1.165) is 21.8 Å². The van der Waals surface area contributed by atoms with Crippen molar-refractivity contribution in [2.24, 2.45) is 0 Å². The van der Waals surface area contributed by atoms with Gasteiger partial charge in [-0.2, -0.15) is 0 Å². The fraction of sp³-hybridized carbons (Fsp3) is 0.0667. The fourth-order valence-electron chi connectivity index (χ4n) is 2.07. The van der Waals surface area contributed by atoms with Crippen molar-refractivity contribution in [3.05, 3.63) is 54.9 Å². The van der Waals surface area contributed by atoms with Crippen LogP contribution in [0.15, 0.2) is 49.2 Å². The molecule has 0 aliphatic rings. The number of para-hydroxylation sites is 1. The van der Waals surface area contributed by atoms with Crippen molar-refractivity contribution in [2.75, 3.05) is 6.61 Å². The molecule has 0 saturated carbocycles. The predicted octanol–water partition coefficient (Wildman–Crippen LogP) is 3.06. The number of H-pyrrole nitrogens is 1. The Hall–Kier alpha value is -2.62. The minimum absolute atomic E-state index is 0.187. The zero-order valence-corrected chi connectivity index (χ0v) is 10.2. The van der Waals surface area contributed by atoms with Crippen molar-refractivity contribution in [3.8, 4) is 0 Å². The van der Waals surface area contributed by atoms with E-state index in [4.69, 9.17) is 4.74 Å². The number of hydrogen-bond donors (Lipinski definition) is 1. The highest BCUT2D eigenvalue weighted by Crippen LogP contribution is 2.25.